The number of likely N-dealkylation sites (tertiary alicyclic amines) is 1. The number of nitrogens with one attached hydrogen (secondary N) is 2. The average Bonchev–Trinajstić information content (AvgIpc) is 2.85. The van der Waals surface area contributed by atoms with Crippen LogP contribution in [0, 0.1) is 0 Å². The number of aromatic nitrogens is 1. The Hall–Kier alpha value is -1.99. The van der Waals surface area contributed by atoms with E-state index in [0.717, 1.165) is 22.2 Å². The number of fused-ring (bicyclic) bond motifs is 1. The van der Waals surface area contributed by atoms with Crippen molar-refractivity contribution in [2.75, 3.05) is 25.0 Å². The lowest BCUT2D eigenvalue weighted by Gasteiger charge is -2.27. The summed E-state index contributed by atoms with van der Waals surface area (Å²) in [6.07, 6.45) is 6.62. The minimum absolute atomic E-state index is 0.0500. The van der Waals surface area contributed by atoms with Crippen molar-refractivity contribution in [2.45, 2.75) is 58.4 Å². The molecule has 0 saturated carbocycles. The molecule has 2 heterocycles. The van der Waals surface area contributed by atoms with Crippen LogP contribution in [0.25, 0.3) is 10.2 Å². The molecule has 2 N–H and O–H groups in total. The average molecular weight is 403 g/mol. The molecular weight excluding hydrogens is 372 g/mol. The van der Waals surface area contributed by atoms with Crippen LogP contribution in [0.1, 0.15) is 51.5 Å². The van der Waals surface area contributed by atoms with Crippen LogP contribution in [0.3, 0.4) is 0 Å². The summed E-state index contributed by atoms with van der Waals surface area (Å²) < 4.78 is 0.976. The van der Waals surface area contributed by atoms with Gasteiger partial charge in [-0.2, -0.15) is 0 Å². The zero-order chi connectivity index (χ0) is 19.9. The molecule has 2 aromatic rings. The number of hydrogen-bond donors (Lipinski definition) is 2. The summed E-state index contributed by atoms with van der Waals surface area (Å²) in [4.78, 5) is 30.4. The standard InChI is InChI=1S/C21H30N4O2S/c1-15(25-11-5-3-4-6-12-25)9-10-22-20(27)14-17-7-8-18-19(13-17)28-21(24-18)23-16(2)26/h7-8,13,15H,3-6,9-12,14H2,1-2H3,(H,22,27)(H,23,24,26)/t15-/m1/s1. The summed E-state index contributed by atoms with van der Waals surface area (Å²) in [5.41, 5.74) is 1.80. The molecule has 3 rings (SSSR count). The lowest BCUT2D eigenvalue weighted by atomic mass is 10.1. The lowest BCUT2D eigenvalue weighted by molar-refractivity contribution is -0.120. The third kappa shape index (κ3) is 6.01. The number of rotatable bonds is 7. The number of nitrogens with zero attached hydrogens (tertiary/aromatic N) is 2. The number of thiazole rings is 1. The summed E-state index contributed by atoms with van der Waals surface area (Å²) in [5.74, 6) is -0.0814. The molecule has 1 aliphatic rings. The van der Waals surface area contributed by atoms with Crippen LogP contribution in [-0.4, -0.2) is 47.4 Å². The van der Waals surface area contributed by atoms with Crippen LogP contribution in [0.15, 0.2) is 18.2 Å². The highest BCUT2D eigenvalue weighted by Crippen LogP contribution is 2.27. The molecule has 6 nitrogen and oxygen atoms in total. The van der Waals surface area contributed by atoms with E-state index in [9.17, 15) is 9.59 Å². The Morgan fingerprint density at radius 3 is 2.68 bits per heavy atom. The molecule has 1 aliphatic heterocycles. The van der Waals surface area contributed by atoms with E-state index in [1.165, 1.54) is 57.0 Å². The van der Waals surface area contributed by atoms with E-state index in [1.807, 2.05) is 18.2 Å². The fourth-order valence-corrected chi connectivity index (χ4v) is 4.65. The van der Waals surface area contributed by atoms with E-state index in [4.69, 9.17) is 0 Å². The zero-order valence-corrected chi connectivity index (χ0v) is 17.6. The normalized spacial score (nSPS) is 16.5. The van der Waals surface area contributed by atoms with Gasteiger partial charge in [0.05, 0.1) is 16.6 Å². The maximum absolute atomic E-state index is 12.3. The van der Waals surface area contributed by atoms with E-state index < -0.39 is 0 Å². The van der Waals surface area contributed by atoms with Crippen molar-refractivity contribution in [3.8, 4) is 0 Å². The Morgan fingerprint density at radius 1 is 1.21 bits per heavy atom. The van der Waals surface area contributed by atoms with Crippen LogP contribution in [0.5, 0.6) is 0 Å². The quantitative estimate of drug-likeness (QED) is 0.742. The smallest absolute Gasteiger partial charge is 0.224 e. The van der Waals surface area contributed by atoms with Gasteiger partial charge in [-0.1, -0.05) is 30.2 Å². The summed E-state index contributed by atoms with van der Waals surface area (Å²) in [5, 5.41) is 6.36. The molecule has 152 valence electrons. The Kier molecular flexibility index (Phi) is 7.39. The van der Waals surface area contributed by atoms with Gasteiger partial charge in [0.2, 0.25) is 11.8 Å². The highest BCUT2D eigenvalue weighted by Gasteiger charge is 2.15. The first kappa shape index (κ1) is 20.7. The van der Waals surface area contributed by atoms with E-state index in [1.54, 1.807) is 0 Å². The monoisotopic (exact) mass is 402 g/mol. The van der Waals surface area contributed by atoms with Crippen LogP contribution < -0.4 is 10.6 Å². The van der Waals surface area contributed by atoms with Gasteiger partial charge < -0.3 is 15.5 Å². The Balaban J connectivity index is 1.46. The van der Waals surface area contributed by atoms with Gasteiger partial charge in [0.15, 0.2) is 5.13 Å². The minimum Gasteiger partial charge on any atom is -0.356 e. The van der Waals surface area contributed by atoms with Crippen molar-refractivity contribution in [2.24, 2.45) is 0 Å². The number of benzene rings is 1. The first-order valence-electron chi connectivity index (χ1n) is 10.2. The summed E-state index contributed by atoms with van der Waals surface area (Å²) in [7, 11) is 0. The van der Waals surface area contributed by atoms with E-state index in [-0.39, 0.29) is 11.8 Å². The van der Waals surface area contributed by atoms with E-state index >= 15 is 0 Å². The van der Waals surface area contributed by atoms with E-state index in [2.05, 4.69) is 27.4 Å². The molecule has 1 fully saturated rings. The number of hydrogen-bond acceptors (Lipinski definition) is 5. The molecular formula is C21H30N4O2S. The van der Waals surface area contributed by atoms with Gasteiger partial charge in [-0.3, -0.25) is 9.59 Å². The SMILES string of the molecule is CC(=O)Nc1nc2ccc(CC(=O)NCC[C@@H](C)N3CCCCCC3)cc2s1. The van der Waals surface area contributed by atoms with Gasteiger partial charge in [-0.15, -0.1) is 0 Å². The third-order valence-corrected chi connectivity index (χ3v) is 6.18. The first-order chi connectivity index (χ1) is 13.5. The van der Waals surface area contributed by atoms with Crippen molar-refractivity contribution in [3.63, 3.8) is 0 Å². The molecule has 1 saturated heterocycles. The van der Waals surface area contributed by atoms with Crippen LogP contribution in [0.4, 0.5) is 5.13 Å². The maximum atomic E-state index is 12.3. The number of anilines is 1. The molecule has 0 aliphatic carbocycles. The topological polar surface area (TPSA) is 74.3 Å². The van der Waals surface area contributed by atoms with Gasteiger partial charge in [0, 0.05) is 19.5 Å². The van der Waals surface area contributed by atoms with Crippen LogP contribution >= 0.6 is 11.3 Å². The van der Waals surface area contributed by atoms with Gasteiger partial charge in [0.25, 0.3) is 0 Å². The molecule has 0 bridgehead atoms. The molecule has 7 heteroatoms. The largest absolute Gasteiger partial charge is 0.356 e. The fourth-order valence-electron chi connectivity index (χ4n) is 3.67. The van der Waals surface area contributed by atoms with Gasteiger partial charge in [-0.05, 0) is 57.0 Å². The molecule has 2 amide bonds. The second-order valence-corrected chi connectivity index (χ2v) is 8.65. The lowest BCUT2D eigenvalue weighted by Crippen LogP contribution is -2.37. The van der Waals surface area contributed by atoms with Crippen LogP contribution in [0.2, 0.25) is 0 Å². The number of carbonyl (C=O) groups excluding carboxylic acids is 2. The van der Waals surface area contributed by atoms with Crippen molar-refractivity contribution in [1.82, 2.24) is 15.2 Å². The molecule has 0 spiro atoms. The summed E-state index contributed by atoms with van der Waals surface area (Å²) in [6.45, 7) is 6.82. The Morgan fingerprint density at radius 2 is 1.96 bits per heavy atom. The number of carbonyl (C=O) groups is 2. The Bertz CT molecular complexity index is 812. The summed E-state index contributed by atoms with van der Waals surface area (Å²) in [6, 6.07) is 6.33. The zero-order valence-electron chi connectivity index (χ0n) is 16.8. The van der Waals surface area contributed by atoms with Gasteiger partial charge in [0.1, 0.15) is 0 Å². The maximum Gasteiger partial charge on any atom is 0.224 e. The highest BCUT2D eigenvalue weighted by atomic mass is 32.1. The van der Waals surface area contributed by atoms with Crippen molar-refractivity contribution >= 4 is 38.5 Å². The predicted octanol–water partition coefficient (Wildman–Crippen LogP) is 3.57. The van der Waals surface area contributed by atoms with Crippen molar-refractivity contribution < 1.29 is 9.59 Å². The van der Waals surface area contributed by atoms with E-state index in [0.29, 0.717) is 24.1 Å². The number of amides is 2. The van der Waals surface area contributed by atoms with Crippen molar-refractivity contribution in [3.05, 3.63) is 23.8 Å². The molecule has 0 radical (unpaired) electrons. The van der Waals surface area contributed by atoms with Crippen molar-refractivity contribution in [1.29, 1.82) is 0 Å². The molecule has 1 aromatic carbocycles. The van der Waals surface area contributed by atoms with Crippen LogP contribution in [-0.2, 0) is 16.0 Å². The molecule has 1 aromatic heterocycles. The molecule has 28 heavy (non-hydrogen) atoms. The van der Waals surface area contributed by atoms with Gasteiger partial charge in [-0.25, -0.2) is 4.98 Å². The Labute approximate surface area is 170 Å². The second kappa shape index (κ2) is 9.98. The fraction of sp³-hybridized carbons (Fsp3) is 0.571. The summed E-state index contributed by atoms with van der Waals surface area (Å²) >= 11 is 1.43. The second-order valence-electron chi connectivity index (χ2n) is 7.62. The third-order valence-electron chi connectivity index (χ3n) is 5.25. The van der Waals surface area contributed by atoms with Gasteiger partial charge >= 0.3 is 0 Å². The molecule has 1 atom stereocenters. The molecule has 0 unspecified atom stereocenters. The predicted molar refractivity (Wildman–Crippen MR) is 115 cm³/mol. The first-order valence-corrected chi connectivity index (χ1v) is 11.0. The minimum atomic E-state index is -0.131. The highest BCUT2D eigenvalue weighted by molar-refractivity contribution is 7.22.